The molecule has 5 aliphatic rings. The van der Waals surface area contributed by atoms with Gasteiger partial charge in [-0.2, -0.15) is 0 Å². The van der Waals surface area contributed by atoms with Gasteiger partial charge in [0.15, 0.2) is 0 Å². The molecular formula is C45H52N8O8. The van der Waals surface area contributed by atoms with Gasteiger partial charge in [-0.1, -0.05) is 52.0 Å². The summed E-state index contributed by atoms with van der Waals surface area (Å²) in [5, 5.41) is 5.44. The number of carbonyl (C=O) groups is 4. The van der Waals surface area contributed by atoms with Crippen LogP contribution < -0.4 is 20.1 Å². The van der Waals surface area contributed by atoms with E-state index in [0.717, 1.165) is 87.8 Å². The Labute approximate surface area is 353 Å². The number of aromatic amines is 2. The van der Waals surface area contributed by atoms with E-state index in [1.54, 1.807) is 17.3 Å². The zero-order chi connectivity index (χ0) is 42.7. The van der Waals surface area contributed by atoms with Gasteiger partial charge in [-0.25, -0.2) is 19.6 Å². The molecule has 1 saturated carbocycles. The number of ether oxygens (including phenoxy) is 4. The minimum absolute atomic E-state index is 0.113. The Balaban J connectivity index is 0.904. The molecule has 4 amide bonds. The molecule has 4 aromatic rings. The molecule has 16 heteroatoms. The number of amides is 4. The van der Waals surface area contributed by atoms with Crippen LogP contribution in [0.2, 0.25) is 0 Å². The molecule has 3 fully saturated rings. The molecule has 2 aromatic heterocycles. The summed E-state index contributed by atoms with van der Waals surface area (Å²) in [5.41, 5.74) is 7.56. The average molecular weight is 833 g/mol. The minimum Gasteiger partial charge on any atom is -0.488 e. The Morgan fingerprint density at radius 3 is 1.79 bits per heavy atom. The third kappa shape index (κ3) is 7.35. The average Bonchev–Trinajstić information content (AvgIpc) is 3.81. The third-order valence-electron chi connectivity index (χ3n) is 12.8. The molecular weight excluding hydrogens is 781 g/mol. The lowest BCUT2D eigenvalue weighted by Crippen LogP contribution is -2.52. The molecule has 61 heavy (non-hydrogen) atoms. The fourth-order valence-electron chi connectivity index (χ4n) is 9.45. The second kappa shape index (κ2) is 15.9. The first kappa shape index (κ1) is 40.1. The van der Waals surface area contributed by atoms with Crippen molar-refractivity contribution in [3.05, 3.63) is 71.6 Å². The van der Waals surface area contributed by atoms with Gasteiger partial charge < -0.3 is 49.3 Å². The maximum absolute atomic E-state index is 13.9. The fourth-order valence-corrected chi connectivity index (χ4v) is 9.45. The maximum atomic E-state index is 13.9. The zero-order valence-electron chi connectivity index (χ0n) is 35.2. The van der Waals surface area contributed by atoms with Gasteiger partial charge in [0.25, 0.3) is 0 Å². The number of nitrogens with zero attached hydrogens (tertiary/aromatic N) is 4. The van der Waals surface area contributed by atoms with Crippen molar-refractivity contribution in [1.82, 2.24) is 40.4 Å². The normalized spacial score (nSPS) is 22.0. The van der Waals surface area contributed by atoms with Crippen LogP contribution >= 0.6 is 0 Å². The SMILES string of the molecule is COC(=O)NC(C(=O)N1CCCC1c1ncc(-c2ccc3c(c2)OCC2=C3COc3cc(-c4cnc(C5CC6CC6N5C(=O)C(NC(=O)OC)C(C)C)[nH]4)ccc32)[nH]1)C(C)C. The number of rotatable bonds is 10. The Hall–Kier alpha value is -6.32. The number of carbonyl (C=O) groups excluding carboxylic acids is 4. The number of likely N-dealkylation sites (tertiary alicyclic amines) is 2. The first-order chi connectivity index (χ1) is 29.4. The lowest BCUT2D eigenvalue weighted by atomic mass is 9.89. The highest BCUT2D eigenvalue weighted by atomic mass is 16.5. The van der Waals surface area contributed by atoms with Crippen molar-refractivity contribution in [2.24, 2.45) is 17.8 Å². The fraction of sp³-hybridized carbons (Fsp3) is 0.467. The van der Waals surface area contributed by atoms with Crippen LogP contribution in [0.3, 0.4) is 0 Å². The van der Waals surface area contributed by atoms with Crippen molar-refractivity contribution in [3.63, 3.8) is 0 Å². The van der Waals surface area contributed by atoms with E-state index in [0.29, 0.717) is 31.5 Å². The molecule has 4 aliphatic heterocycles. The summed E-state index contributed by atoms with van der Waals surface area (Å²) < 4.78 is 22.4. The van der Waals surface area contributed by atoms with Gasteiger partial charge in [-0.3, -0.25) is 9.59 Å². The Morgan fingerprint density at radius 1 is 0.738 bits per heavy atom. The van der Waals surface area contributed by atoms with Gasteiger partial charge >= 0.3 is 12.2 Å². The van der Waals surface area contributed by atoms with E-state index in [4.69, 9.17) is 28.9 Å². The number of aromatic nitrogens is 4. The summed E-state index contributed by atoms with van der Waals surface area (Å²) in [6.45, 7) is 8.97. The van der Waals surface area contributed by atoms with Crippen molar-refractivity contribution in [1.29, 1.82) is 0 Å². The Bertz CT molecular complexity index is 2420. The van der Waals surface area contributed by atoms with E-state index in [9.17, 15) is 19.2 Å². The lowest BCUT2D eigenvalue weighted by Gasteiger charge is -2.32. The van der Waals surface area contributed by atoms with Crippen LogP contribution in [0.4, 0.5) is 9.59 Å². The molecule has 0 radical (unpaired) electrons. The molecule has 0 bridgehead atoms. The van der Waals surface area contributed by atoms with E-state index in [-0.39, 0.29) is 41.8 Å². The molecule has 2 saturated heterocycles. The summed E-state index contributed by atoms with van der Waals surface area (Å²) in [5.74, 6) is 2.86. The number of H-pyrrole nitrogens is 2. The summed E-state index contributed by atoms with van der Waals surface area (Å²) in [6, 6.07) is 10.5. The third-order valence-corrected chi connectivity index (χ3v) is 12.8. The quantitative estimate of drug-likeness (QED) is 0.142. The van der Waals surface area contributed by atoms with Crippen molar-refractivity contribution in [2.75, 3.05) is 34.0 Å². The molecule has 6 atom stereocenters. The standard InChI is InChI=1S/C45H52N8O8/c1-22(2)38(50-44(56)58-5)42(54)52-13-7-8-33(52)40-46-18-31(48-40)24-9-11-27-29-21-61-37-17-25(10-12-28(37)30(29)20-60-36(27)16-24)32-19-47-41(49-32)35-15-26-14-34(26)53(35)43(55)39(23(3)4)51-45(57)59-6/h9-12,16-19,22-23,26,33-35,38-39H,7-8,13-15,20-21H2,1-6H3,(H,46,48)(H,47,49)(H,50,56)(H,51,57). The number of imidazole rings is 2. The first-order valence-corrected chi connectivity index (χ1v) is 21.1. The number of piperidine rings is 1. The van der Waals surface area contributed by atoms with Gasteiger partial charge in [0.2, 0.25) is 11.8 Å². The highest BCUT2D eigenvalue weighted by Crippen LogP contribution is 2.53. The molecule has 9 rings (SSSR count). The smallest absolute Gasteiger partial charge is 0.407 e. The number of hydrogen-bond acceptors (Lipinski definition) is 10. The summed E-state index contributed by atoms with van der Waals surface area (Å²) in [6.07, 6.45) is 5.72. The lowest BCUT2D eigenvalue weighted by molar-refractivity contribution is -0.137. The highest BCUT2D eigenvalue weighted by Gasteiger charge is 2.56. The van der Waals surface area contributed by atoms with Gasteiger partial charge in [-0.15, -0.1) is 0 Å². The summed E-state index contributed by atoms with van der Waals surface area (Å²) >= 11 is 0. The molecule has 16 nitrogen and oxygen atoms in total. The molecule has 6 heterocycles. The number of methoxy groups -OCH3 is 2. The van der Waals surface area contributed by atoms with Gasteiger partial charge in [0.05, 0.1) is 50.1 Å². The predicted molar refractivity (Wildman–Crippen MR) is 224 cm³/mol. The van der Waals surface area contributed by atoms with E-state index >= 15 is 0 Å². The van der Waals surface area contributed by atoms with Crippen LogP contribution in [0.15, 0.2) is 48.8 Å². The Kier molecular flexibility index (Phi) is 10.5. The molecule has 2 aromatic carbocycles. The van der Waals surface area contributed by atoms with Crippen LogP contribution in [-0.2, 0) is 19.1 Å². The summed E-state index contributed by atoms with van der Waals surface area (Å²) in [7, 11) is 2.59. The maximum Gasteiger partial charge on any atom is 0.407 e. The van der Waals surface area contributed by atoms with Crippen molar-refractivity contribution < 1.29 is 38.1 Å². The van der Waals surface area contributed by atoms with Crippen LogP contribution in [0.1, 0.15) is 88.2 Å². The van der Waals surface area contributed by atoms with Gasteiger partial charge in [0, 0.05) is 46.0 Å². The van der Waals surface area contributed by atoms with Gasteiger partial charge in [-0.05, 0) is 55.6 Å². The molecule has 4 N–H and O–H groups in total. The van der Waals surface area contributed by atoms with Crippen LogP contribution in [0.25, 0.3) is 33.7 Å². The zero-order valence-corrected chi connectivity index (χ0v) is 35.2. The monoisotopic (exact) mass is 832 g/mol. The first-order valence-electron chi connectivity index (χ1n) is 21.1. The van der Waals surface area contributed by atoms with E-state index in [1.165, 1.54) is 14.2 Å². The van der Waals surface area contributed by atoms with Crippen molar-refractivity contribution >= 4 is 35.1 Å². The van der Waals surface area contributed by atoms with E-state index in [1.807, 2.05) is 56.9 Å². The second-order valence-electron chi connectivity index (χ2n) is 17.3. The Morgan fingerprint density at radius 2 is 1.26 bits per heavy atom. The molecule has 6 unspecified atom stereocenters. The van der Waals surface area contributed by atoms with Crippen molar-refractivity contribution in [3.8, 4) is 34.0 Å². The molecule has 1 aliphatic carbocycles. The van der Waals surface area contributed by atoms with Crippen LogP contribution in [0.5, 0.6) is 11.5 Å². The number of nitrogens with one attached hydrogen (secondary N) is 4. The number of benzene rings is 2. The topological polar surface area (TPSA) is 193 Å². The minimum atomic E-state index is -0.705. The van der Waals surface area contributed by atoms with Crippen molar-refractivity contribution in [2.45, 2.75) is 83.6 Å². The van der Waals surface area contributed by atoms with Crippen LogP contribution in [0, 0.1) is 17.8 Å². The number of alkyl carbamates (subject to hydrolysis) is 2. The summed E-state index contributed by atoms with van der Waals surface area (Å²) in [4.78, 5) is 71.8. The molecule has 320 valence electrons. The largest absolute Gasteiger partial charge is 0.488 e. The number of fused-ring (bicyclic) bond motifs is 5. The van der Waals surface area contributed by atoms with Gasteiger partial charge in [0.1, 0.15) is 48.4 Å². The predicted octanol–water partition coefficient (Wildman–Crippen LogP) is 6.25. The van der Waals surface area contributed by atoms with Crippen LogP contribution in [-0.4, -0.2) is 106 Å². The highest BCUT2D eigenvalue weighted by molar-refractivity contribution is 5.98. The second-order valence-corrected chi connectivity index (χ2v) is 17.3. The van der Waals surface area contributed by atoms with E-state index < -0.39 is 24.3 Å². The van der Waals surface area contributed by atoms with E-state index in [2.05, 4.69) is 32.7 Å². The number of hydrogen-bond donors (Lipinski definition) is 4. The molecule has 0 spiro atoms.